The van der Waals surface area contributed by atoms with Crippen molar-refractivity contribution < 1.29 is 24.2 Å². The molecule has 1 N–H and O–H groups in total. The first-order valence-corrected chi connectivity index (χ1v) is 11.5. The van der Waals surface area contributed by atoms with Gasteiger partial charge in [-0.1, -0.05) is 91.0 Å². The quantitative estimate of drug-likeness (QED) is 0.268. The maximum absolute atomic E-state index is 12.5. The lowest BCUT2D eigenvalue weighted by molar-refractivity contribution is -0.141. The first-order valence-electron chi connectivity index (χ1n) is 10.6. The zero-order valence-electron chi connectivity index (χ0n) is 19.1. The number of rotatable bonds is 8. The molecule has 2 unspecified atom stereocenters. The Balaban J connectivity index is 0.000000387. The molecule has 34 heavy (non-hydrogen) atoms. The number of esters is 2. The van der Waals surface area contributed by atoms with Gasteiger partial charge in [0.25, 0.3) is 0 Å². The highest BCUT2D eigenvalue weighted by atomic mass is 35.5. The number of halogens is 2. The summed E-state index contributed by atoms with van der Waals surface area (Å²) in [5, 5.41) is 6.67. The Kier molecular flexibility index (Phi) is 11.1. The fourth-order valence-corrected chi connectivity index (χ4v) is 4.34. The second-order valence-electron chi connectivity index (χ2n) is 7.29. The van der Waals surface area contributed by atoms with E-state index in [0.717, 1.165) is 16.7 Å². The van der Waals surface area contributed by atoms with E-state index in [4.69, 9.17) is 33.0 Å². The minimum absolute atomic E-state index is 0.0940. The first kappa shape index (κ1) is 27.4. The number of benzene rings is 3. The lowest BCUT2D eigenvalue weighted by Crippen LogP contribution is -2.43. The van der Waals surface area contributed by atoms with Crippen molar-refractivity contribution in [2.24, 2.45) is 0 Å². The average molecular weight is 503 g/mol. The smallest absolute Gasteiger partial charge is 0.325 e. The van der Waals surface area contributed by atoms with Crippen molar-refractivity contribution in [3.63, 3.8) is 0 Å². The van der Waals surface area contributed by atoms with E-state index >= 15 is 0 Å². The van der Waals surface area contributed by atoms with Crippen LogP contribution in [0.5, 0.6) is 0 Å². The van der Waals surface area contributed by atoms with Crippen molar-refractivity contribution in [2.45, 2.75) is 22.6 Å². The molecule has 0 bridgehead atoms. The average Bonchev–Trinajstić information content (AvgIpc) is 2.90. The molecule has 2 atom stereocenters. The van der Waals surface area contributed by atoms with Gasteiger partial charge in [0, 0.05) is 6.61 Å². The van der Waals surface area contributed by atoms with Crippen molar-refractivity contribution >= 4 is 35.1 Å². The third-order valence-corrected chi connectivity index (χ3v) is 6.22. The first-order chi connectivity index (χ1) is 16.4. The Morgan fingerprint density at radius 2 is 1.09 bits per heavy atom. The molecule has 180 valence electrons. The number of methoxy groups -OCH3 is 2. The van der Waals surface area contributed by atoms with Crippen molar-refractivity contribution in [1.82, 2.24) is 0 Å². The zero-order valence-corrected chi connectivity index (χ0v) is 20.6. The Bertz CT molecular complexity index is 916. The van der Waals surface area contributed by atoms with Crippen LogP contribution in [0.2, 0.25) is 0 Å². The lowest BCUT2D eigenvalue weighted by Gasteiger charge is -2.38. The van der Waals surface area contributed by atoms with Crippen LogP contribution in [-0.4, -0.2) is 48.6 Å². The normalized spacial score (nSPS) is 12.5. The van der Waals surface area contributed by atoms with Crippen LogP contribution >= 0.6 is 23.2 Å². The van der Waals surface area contributed by atoms with Gasteiger partial charge < -0.3 is 14.6 Å². The molecule has 0 amide bonds. The van der Waals surface area contributed by atoms with Gasteiger partial charge in [0.05, 0.1) is 19.6 Å². The van der Waals surface area contributed by atoms with Crippen molar-refractivity contribution in [2.75, 3.05) is 20.8 Å². The molecular weight excluding hydrogens is 475 g/mol. The van der Waals surface area contributed by atoms with E-state index in [1.165, 1.54) is 14.2 Å². The maximum Gasteiger partial charge on any atom is 0.325 e. The molecule has 0 saturated carbocycles. The summed E-state index contributed by atoms with van der Waals surface area (Å²) in [5.41, 5.74) is 1.98. The fraction of sp³-hybridized carbons (Fsp3) is 0.259. The second-order valence-corrected chi connectivity index (χ2v) is 8.26. The minimum Gasteiger partial charge on any atom is -0.468 e. The number of alkyl halides is 2. The van der Waals surface area contributed by atoms with E-state index in [0.29, 0.717) is 0 Å². The van der Waals surface area contributed by atoms with Crippen LogP contribution in [0.4, 0.5) is 0 Å². The van der Waals surface area contributed by atoms with Gasteiger partial charge >= 0.3 is 11.9 Å². The number of aliphatic hydroxyl groups excluding tert-OH is 1. The van der Waals surface area contributed by atoms with Gasteiger partial charge in [-0.3, -0.25) is 9.59 Å². The van der Waals surface area contributed by atoms with Gasteiger partial charge in [-0.2, -0.15) is 0 Å². The van der Waals surface area contributed by atoms with E-state index in [9.17, 15) is 9.59 Å². The van der Waals surface area contributed by atoms with E-state index in [2.05, 4.69) is 4.74 Å². The molecule has 0 spiro atoms. The highest BCUT2D eigenvalue weighted by Crippen LogP contribution is 2.44. The Morgan fingerprint density at radius 1 is 0.735 bits per heavy atom. The van der Waals surface area contributed by atoms with Crippen LogP contribution in [0.3, 0.4) is 0 Å². The van der Waals surface area contributed by atoms with Gasteiger partial charge in [0.15, 0.2) is 0 Å². The third-order valence-electron chi connectivity index (χ3n) is 5.32. The van der Waals surface area contributed by atoms with Gasteiger partial charge in [-0.05, 0) is 23.1 Å². The topological polar surface area (TPSA) is 72.8 Å². The Hall–Kier alpha value is -2.86. The molecule has 0 aliphatic carbocycles. The summed E-state index contributed by atoms with van der Waals surface area (Å²) in [4.78, 5) is 23.0. The van der Waals surface area contributed by atoms with Crippen molar-refractivity contribution in [3.05, 3.63) is 108 Å². The van der Waals surface area contributed by atoms with E-state index in [1.807, 2.05) is 91.0 Å². The SMILES string of the molecule is COC(=O)C(Cl)C(c1ccccc1)(c1ccccc1)c1ccccc1.COC(=O)C(Cl)CCO. The molecule has 3 rings (SSSR count). The summed E-state index contributed by atoms with van der Waals surface area (Å²) in [7, 11) is 2.62. The monoisotopic (exact) mass is 502 g/mol. The number of carbonyl (C=O) groups excluding carboxylic acids is 2. The molecule has 0 saturated heterocycles. The molecule has 0 aromatic heterocycles. The summed E-state index contributed by atoms with van der Waals surface area (Å²) < 4.78 is 9.29. The number of hydrogen-bond acceptors (Lipinski definition) is 5. The lowest BCUT2D eigenvalue weighted by atomic mass is 9.67. The van der Waals surface area contributed by atoms with Crippen LogP contribution in [0.1, 0.15) is 23.1 Å². The largest absolute Gasteiger partial charge is 0.468 e. The molecule has 0 aliphatic heterocycles. The Labute approximate surface area is 210 Å². The van der Waals surface area contributed by atoms with Gasteiger partial charge in [-0.25, -0.2) is 0 Å². The summed E-state index contributed by atoms with van der Waals surface area (Å²) >= 11 is 12.2. The molecule has 5 nitrogen and oxygen atoms in total. The molecule has 0 aliphatic rings. The van der Waals surface area contributed by atoms with Gasteiger partial charge in [0.1, 0.15) is 10.8 Å². The van der Waals surface area contributed by atoms with E-state index in [-0.39, 0.29) is 13.0 Å². The highest BCUT2D eigenvalue weighted by molar-refractivity contribution is 6.31. The number of ether oxygens (including phenoxy) is 2. The molecule has 0 radical (unpaired) electrons. The molecule has 3 aromatic rings. The standard InChI is InChI=1S/C22H19ClO2.C5H9ClO3/c1-25-21(24)20(23)22(17-11-5-2-6-12-17,18-13-7-3-8-14-18)19-15-9-4-10-16-19;1-9-5(8)4(6)2-3-7/h2-16,20H,1H3;4,7H,2-3H2,1H3. The third kappa shape index (κ3) is 6.38. The van der Waals surface area contributed by atoms with Gasteiger partial charge in [-0.15, -0.1) is 23.2 Å². The Morgan fingerprint density at radius 3 is 1.38 bits per heavy atom. The zero-order chi connectivity index (χ0) is 25.0. The van der Waals surface area contributed by atoms with Crippen LogP contribution in [0, 0.1) is 0 Å². The van der Waals surface area contributed by atoms with Crippen LogP contribution < -0.4 is 0 Å². The van der Waals surface area contributed by atoms with Crippen molar-refractivity contribution in [3.8, 4) is 0 Å². The molecular formula is C27H28Cl2O5. The molecule has 7 heteroatoms. The summed E-state index contributed by atoms with van der Waals surface area (Å²) in [6.07, 6.45) is 0.244. The minimum atomic E-state index is -0.912. The summed E-state index contributed by atoms with van der Waals surface area (Å²) in [6, 6.07) is 29.6. The fourth-order valence-electron chi connectivity index (χ4n) is 3.68. The van der Waals surface area contributed by atoms with Crippen LogP contribution in [0.25, 0.3) is 0 Å². The maximum atomic E-state index is 12.5. The molecule has 0 heterocycles. The number of aliphatic hydroxyl groups is 1. The predicted molar refractivity (Wildman–Crippen MR) is 134 cm³/mol. The van der Waals surface area contributed by atoms with E-state index < -0.39 is 28.1 Å². The number of hydrogen-bond donors (Lipinski definition) is 1. The van der Waals surface area contributed by atoms with Crippen LogP contribution in [-0.2, 0) is 24.5 Å². The summed E-state index contributed by atoms with van der Waals surface area (Å²) in [5.74, 6) is -0.955. The van der Waals surface area contributed by atoms with Crippen LogP contribution in [0.15, 0.2) is 91.0 Å². The molecule has 3 aromatic carbocycles. The van der Waals surface area contributed by atoms with Crippen molar-refractivity contribution in [1.29, 1.82) is 0 Å². The second kappa shape index (κ2) is 13.8. The van der Waals surface area contributed by atoms with E-state index in [1.54, 1.807) is 0 Å². The highest BCUT2D eigenvalue weighted by Gasteiger charge is 2.47. The summed E-state index contributed by atoms with van der Waals surface area (Å²) in [6.45, 7) is -0.0940. The number of carbonyl (C=O) groups is 2. The van der Waals surface area contributed by atoms with Gasteiger partial charge in [0.2, 0.25) is 0 Å². The predicted octanol–water partition coefficient (Wildman–Crippen LogP) is 4.95. The molecule has 0 fully saturated rings.